The molecule has 0 aliphatic heterocycles. The highest BCUT2D eigenvalue weighted by atomic mass is 16.5. The molecule has 90 valence electrons. The Balaban J connectivity index is 2.61. The maximum absolute atomic E-state index is 10.9. The highest BCUT2D eigenvalue weighted by molar-refractivity contribution is 5.86. The lowest BCUT2D eigenvalue weighted by Gasteiger charge is -1.96. The van der Waals surface area contributed by atoms with E-state index in [-0.39, 0.29) is 5.97 Å². The zero-order valence-corrected chi connectivity index (χ0v) is 9.93. The fraction of sp³-hybridized carbons (Fsp3) is 0.214. The third-order valence-electron chi connectivity index (χ3n) is 2.19. The molecule has 0 unspecified atom stereocenters. The molecule has 0 aromatic heterocycles. The summed E-state index contributed by atoms with van der Waals surface area (Å²) in [4.78, 5) is 10.9. The molecule has 3 nitrogen and oxygen atoms in total. The molecular formula is C14H17NO2. The Morgan fingerprint density at radius 1 is 1.24 bits per heavy atom. The average molecular weight is 231 g/mol. The summed E-state index contributed by atoms with van der Waals surface area (Å²) in [5, 5.41) is 0. The van der Waals surface area contributed by atoms with E-state index in [1.807, 2.05) is 36.4 Å². The molecule has 1 aromatic rings. The monoisotopic (exact) mass is 231 g/mol. The number of methoxy groups -OCH3 is 1. The van der Waals surface area contributed by atoms with Crippen molar-refractivity contribution >= 4 is 18.1 Å². The predicted molar refractivity (Wildman–Crippen MR) is 70.2 cm³/mol. The number of rotatable bonds is 5. The van der Waals surface area contributed by atoms with Crippen LogP contribution in [0.3, 0.4) is 0 Å². The summed E-state index contributed by atoms with van der Waals surface area (Å²) in [7, 11) is 1.36. The van der Waals surface area contributed by atoms with E-state index in [9.17, 15) is 4.79 Å². The number of nitrogens with two attached hydrogens (primary N) is 1. The van der Waals surface area contributed by atoms with Gasteiger partial charge in [-0.2, -0.15) is 0 Å². The molecule has 0 amide bonds. The molecule has 17 heavy (non-hydrogen) atoms. The molecule has 0 aliphatic rings. The Bertz CT molecular complexity index is 405. The van der Waals surface area contributed by atoms with Crippen LogP contribution in [-0.4, -0.2) is 19.6 Å². The molecule has 0 aliphatic carbocycles. The molecule has 1 rings (SSSR count). The van der Waals surface area contributed by atoms with Crippen LogP contribution in [0.15, 0.2) is 36.4 Å². The third-order valence-corrected chi connectivity index (χ3v) is 2.19. The van der Waals surface area contributed by atoms with Gasteiger partial charge in [0.15, 0.2) is 0 Å². The van der Waals surface area contributed by atoms with Crippen LogP contribution in [0.4, 0.5) is 0 Å². The van der Waals surface area contributed by atoms with Crippen LogP contribution in [0.1, 0.15) is 17.5 Å². The van der Waals surface area contributed by atoms with Crippen molar-refractivity contribution in [3.63, 3.8) is 0 Å². The minimum absolute atomic E-state index is 0.350. The van der Waals surface area contributed by atoms with Crippen molar-refractivity contribution in [2.75, 3.05) is 13.7 Å². The van der Waals surface area contributed by atoms with E-state index in [4.69, 9.17) is 5.73 Å². The molecule has 3 heteroatoms. The van der Waals surface area contributed by atoms with E-state index < -0.39 is 0 Å². The van der Waals surface area contributed by atoms with Gasteiger partial charge in [0.05, 0.1) is 7.11 Å². The molecular weight excluding hydrogens is 214 g/mol. The number of hydrogen-bond acceptors (Lipinski definition) is 3. The quantitative estimate of drug-likeness (QED) is 0.624. The van der Waals surface area contributed by atoms with Gasteiger partial charge in [0.2, 0.25) is 0 Å². The fourth-order valence-electron chi connectivity index (χ4n) is 1.27. The molecule has 0 fully saturated rings. The van der Waals surface area contributed by atoms with E-state index >= 15 is 0 Å². The molecule has 0 spiro atoms. The normalized spacial score (nSPS) is 11.2. The lowest BCUT2D eigenvalue weighted by molar-refractivity contribution is -0.134. The van der Waals surface area contributed by atoms with Gasteiger partial charge in [-0.1, -0.05) is 36.4 Å². The van der Waals surface area contributed by atoms with Crippen LogP contribution in [0.25, 0.3) is 12.2 Å². The van der Waals surface area contributed by atoms with Crippen molar-refractivity contribution in [2.24, 2.45) is 5.73 Å². The summed E-state index contributed by atoms with van der Waals surface area (Å²) in [6.45, 7) is 0.663. The van der Waals surface area contributed by atoms with Gasteiger partial charge >= 0.3 is 5.97 Å². The van der Waals surface area contributed by atoms with Gasteiger partial charge in [0.1, 0.15) is 0 Å². The van der Waals surface area contributed by atoms with Gasteiger partial charge in [-0.3, -0.25) is 0 Å². The largest absolute Gasteiger partial charge is 0.466 e. The van der Waals surface area contributed by atoms with Crippen LogP contribution in [0, 0.1) is 0 Å². The first-order valence-electron chi connectivity index (χ1n) is 5.49. The Hall–Kier alpha value is -1.87. The smallest absolute Gasteiger partial charge is 0.330 e. The zero-order chi connectivity index (χ0) is 12.5. The van der Waals surface area contributed by atoms with Crippen molar-refractivity contribution in [1.82, 2.24) is 0 Å². The van der Waals surface area contributed by atoms with E-state index in [0.717, 1.165) is 17.5 Å². The molecule has 1 aromatic carbocycles. The van der Waals surface area contributed by atoms with E-state index in [0.29, 0.717) is 6.54 Å². The van der Waals surface area contributed by atoms with Gasteiger partial charge in [-0.15, -0.1) is 0 Å². The average Bonchev–Trinajstić information content (AvgIpc) is 2.37. The van der Waals surface area contributed by atoms with Crippen molar-refractivity contribution in [1.29, 1.82) is 0 Å². The molecule has 0 radical (unpaired) electrons. The van der Waals surface area contributed by atoms with Gasteiger partial charge in [-0.05, 0) is 30.2 Å². The van der Waals surface area contributed by atoms with Crippen LogP contribution in [-0.2, 0) is 9.53 Å². The number of benzene rings is 1. The van der Waals surface area contributed by atoms with Crippen LogP contribution < -0.4 is 5.73 Å². The topological polar surface area (TPSA) is 52.3 Å². The van der Waals surface area contributed by atoms with E-state index in [1.54, 1.807) is 6.08 Å². The van der Waals surface area contributed by atoms with Gasteiger partial charge in [0.25, 0.3) is 0 Å². The lowest BCUT2D eigenvalue weighted by Crippen LogP contribution is -1.94. The van der Waals surface area contributed by atoms with E-state index in [1.165, 1.54) is 13.2 Å². The molecule has 2 N–H and O–H groups in total. The second kappa shape index (κ2) is 7.41. The maximum atomic E-state index is 10.9. The molecule has 0 atom stereocenters. The van der Waals surface area contributed by atoms with Gasteiger partial charge in [0, 0.05) is 6.08 Å². The second-order valence-electron chi connectivity index (χ2n) is 3.50. The Kier molecular flexibility index (Phi) is 5.75. The van der Waals surface area contributed by atoms with Crippen molar-refractivity contribution in [2.45, 2.75) is 6.42 Å². The number of ether oxygens (including phenoxy) is 1. The first-order chi connectivity index (χ1) is 8.26. The zero-order valence-electron chi connectivity index (χ0n) is 9.93. The third kappa shape index (κ3) is 5.13. The Morgan fingerprint density at radius 2 is 1.82 bits per heavy atom. The van der Waals surface area contributed by atoms with E-state index in [2.05, 4.69) is 4.74 Å². The van der Waals surface area contributed by atoms with Gasteiger partial charge < -0.3 is 10.5 Å². The van der Waals surface area contributed by atoms with Crippen molar-refractivity contribution < 1.29 is 9.53 Å². The molecule has 0 heterocycles. The summed E-state index contributed by atoms with van der Waals surface area (Å²) >= 11 is 0. The van der Waals surface area contributed by atoms with Crippen molar-refractivity contribution in [3.8, 4) is 0 Å². The SMILES string of the molecule is COC(=O)/C=C/c1ccc(C=CCCN)cc1. The highest BCUT2D eigenvalue weighted by Gasteiger charge is 1.92. The molecule has 0 saturated carbocycles. The predicted octanol–water partition coefficient (Wildman–Crippen LogP) is 2.23. The Morgan fingerprint density at radius 3 is 2.35 bits per heavy atom. The summed E-state index contributed by atoms with van der Waals surface area (Å²) in [5.41, 5.74) is 7.48. The molecule has 0 bridgehead atoms. The van der Waals surface area contributed by atoms with Crippen LogP contribution in [0.5, 0.6) is 0 Å². The number of carbonyl (C=O) groups excluding carboxylic acids is 1. The highest BCUT2D eigenvalue weighted by Crippen LogP contribution is 2.08. The summed E-state index contributed by atoms with van der Waals surface area (Å²) in [5.74, 6) is -0.350. The minimum atomic E-state index is -0.350. The summed E-state index contributed by atoms with van der Waals surface area (Å²) in [6.07, 6.45) is 8.07. The maximum Gasteiger partial charge on any atom is 0.330 e. The number of carbonyl (C=O) groups is 1. The lowest BCUT2D eigenvalue weighted by atomic mass is 10.1. The fourth-order valence-corrected chi connectivity index (χ4v) is 1.27. The molecule has 0 saturated heterocycles. The standard InChI is InChI=1S/C14H17NO2/c1-17-14(16)10-9-13-7-5-12(6-8-13)4-2-3-11-15/h2,4-10H,3,11,15H2,1H3/b4-2?,10-9+. The Labute approximate surface area is 102 Å². The van der Waals surface area contributed by atoms with Crippen LogP contribution in [0.2, 0.25) is 0 Å². The first-order valence-corrected chi connectivity index (χ1v) is 5.49. The second-order valence-corrected chi connectivity index (χ2v) is 3.50. The van der Waals surface area contributed by atoms with Crippen LogP contribution >= 0.6 is 0 Å². The minimum Gasteiger partial charge on any atom is -0.466 e. The van der Waals surface area contributed by atoms with Crippen molar-refractivity contribution in [3.05, 3.63) is 47.5 Å². The first kappa shape index (κ1) is 13.2. The number of esters is 1. The van der Waals surface area contributed by atoms with Gasteiger partial charge in [-0.25, -0.2) is 4.79 Å². The number of hydrogen-bond donors (Lipinski definition) is 1. The summed E-state index contributed by atoms with van der Waals surface area (Å²) in [6, 6.07) is 7.87. The summed E-state index contributed by atoms with van der Waals surface area (Å²) < 4.78 is 4.51.